The molecule has 3 rings (SSSR count). The number of benzene rings is 2. The Balaban J connectivity index is 1.63. The van der Waals surface area contributed by atoms with Crippen LogP contribution in [-0.4, -0.2) is 32.2 Å². The number of nitrogens with zero attached hydrogens (tertiary/aromatic N) is 1. The molecule has 1 saturated heterocycles. The highest BCUT2D eigenvalue weighted by atomic mass is 16.5. The monoisotopic (exact) mass is 311 g/mol. The normalized spacial score (nSPS) is 14.6. The van der Waals surface area contributed by atoms with Crippen LogP contribution in [0.3, 0.4) is 0 Å². The van der Waals surface area contributed by atoms with E-state index in [-0.39, 0.29) is 5.91 Å². The summed E-state index contributed by atoms with van der Waals surface area (Å²) in [5.74, 6) is -0.118. The SMILES string of the molecule is NCc1ccc(C(=O)Nc2ccc(N3CCOCC3)cc2)cc1. The lowest BCUT2D eigenvalue weighted by molar-refractivity contribution is 0.102. The van der Waals surface area contributed by atoms with Crippen LogP contribution < -0.4 is 16.0 Å². The number of anilines is 2. The van der Waals surface area contributed by atoms with Crippen LogP contribution in [0.1, 0.15) is 15.9 Å². The number of hydrogen-bond donors (Lipinski definition) is 2. The van der Waals surface area contributed by atoms with Crippen LogP contribution in [0.25, 0.3) is 0 Å². The average Bonchev–Trinajstić information content (AvgIpc) is 2.63. The molecule has 0 aliphatic carbocycles. The molecule has 2 aromatic rings. The number of amides is 1. The summed E-state index contributed by atoms with van der Waals surface area (Å²) in [6.07, 6.45) is 0. The summed E-state index contributed by atoms with van der Waals surface area (Å²) in [6.45, 7) is 3.80. The number of carbonyl (C=O) groups is 1. The highest BCUT2D eigenvalue weighted by Crippen LogP contribution is 2.19. The van der Waals surface area contributed by atoms with Crippen molar-refractivity contribution in [3.8, 4) is 0 Å². The van der Waals surface area contributed by atoms with E-state index in [2.05, 4.69) is 10.2 Å². The van der Waals surface area contributed by atoms with Crippen molar-refractivity contribution in [2.75, 3.05) is 36.5 Å². The van der Waals surface area contributed by atoms with Crippen LogP contribution >= 0.6 is 0 Å². The first kappa shape index (κ1) is 15.5. The van der Waals surface area contributed by atoms with Crippen molar-refractivity contribution in [1.29, 1.82) is 0 Å². The van der Waals surface area contributed by atoms with E-state index >= 15 is 0 Å². The number of carbonyl (C=O) groups excluding carboxylic acids is 1. The van der Waals surface area contributed by atoms with Gasteiger partial charge in [-0.3, -0.25) is 4.79 Å². The molecule has 1 fully saturated rings. The number of hydrogen-bond acceptors (Lipinski definition) is 4. The molecular weight excluding hydrogens is 290 g/mol. The molecule has 1 amide bonds. The lowest BCUT2D eigenvalue weighted by atomic mass is 10.1. The Morgan fingerprint density at radius 1 is 1.04 bits per heavy atom. The smallest absolute Gasteiger partial charge is 0.255 e. The van der Waals surface area contributed by atoms with Crippen LogP contribution in [0.2, 0.25) is 0 Å². The Labute approximate surface area is 136 Å². The van der Waals surface area contributed by atoms with Gasteiger partial charge in [-0.1, -0.05) is 12.1 Å². The third-order valence-electron chi connectivity index (χ3n) is 3.95. The van der Waals surface area contributed by atoms with Crippen LogP contribution in [0.4, 0.5) is 11.4 Å². The van der Waals surface area contributed by atoms with Crippen LogP contribution in [-0.2, 0) is 11.3 Å². The van der Waals surface area contributed by atoms with E-state index in [1.165, 1.54) is 0 Å². The van der Waals surface area contributed by atoms with Gasteiger partial charge in [-0.25, -0.2) is 0 Å². The Morgan fingerprint density at radius 2 is 1.70 bits per heavy atom. The second kappa shape index (κ2) is 7.26. The maximum atomic E-state index is 12.2. The molecule has 0 atom stereocenters. The predicted octanol–water partition coefficient (Wildman–Crippen LogP) is 2.23. The third-order valence-corrected chi connectivity index (χ3v) is 3.95. The van der Waals surface area contributed by atoms with Gasteiger partial charge in [0.1, 0.15) is 0 Å². The fourth-order valence-electron chi connectivity index (χ4n) is 2.57. The molecule has 0 saturated carbocycles. The summed E-state index contributed by atoms with van der Waals surface area (Å²) in [6, 6.07) is 15.2. The fraction of sp³-hybridized carbons (Fsp3) is 0.278. The second-order valence-electron chi connectivity index (χ2n) is 5.50. The Kier molecular flexibility index (Phi) is 4.90. The largest absolute Gasteiger partial charge is 0.378 e. The summed E-state index contributed by atoms with van der Waals surface area (Å²) in [5, 5.41) is 2.91. The van der Waals surface area contributed by atoms with E-state index in [1.54, 1.807) is 12.1 Å². The first-order valence-corrected chi connectivity index (χ1v) is 7.79. The summed E-state index contributed by atoms with van der Waals surface area (Å²) >= 11 is 0. The molecule has 2 aromatic carbocycles. The van der Waals surface area contributed by atoms with Gasteiger partial charge in [-0.2, -0.15) is 0 Å². The Bertz CT molecular complexity index is 647. The molecule has 3 N–H and O–H groups in total. The van der Waals surface area contributed by atoms with Crippen molar-refractivity contribution in [3.05, 3.63) is 59.7 Å². The molecular formula is C18H21N3O2. The highest BCUT2D eigenvalue weighted by molar-refractivity contribution is 6.04. The molecule has 0 bridgehead atoms. The van der Waals surface area contributed by atoms with E-state index in [1.807, 2.05) is 36.4 Å². The van der Waals surface area contributed by atoms with Gasteiger partial charge >= 0.3 is 0 Å². The minimum absolute atomic E-state index is 0.118. The van der Waals surface area contributed by atoms with Crippen molar-refractivity contribution < 1.29 is 9.53 Å². The minimum Gasteiger partial charge on any atom is -0.378 e. The van der Waals surface area contributed by atoms with E-state index in [9.17, 15) is 4.79 Å². The topological polar surface area (TPSA) is 67.6 Å². The van der Waals surface area contributed by atoms with Gasteiger partial charge in [0, 0.05) is 36.6 Å². The molecule has 23 heavy (non-hydrogen) atoms. The average molecular weight is 311 g/mol. The molecule has 0 aromatic heterocycles. The van der Waals surface area contributed by atoms with Crippen LogP contribution in [0, 0.1) is 0 Å². The van der Waals surface area contributed by atoms with Crippen LogP contribution in [0.5, 0.6) is 0 Å². The molecule has 0 unspecified atom stereocenters. The standard InChI is InChI=1S/C18H21N3O2/c19-13-14-1-3-15(4-2-14)18(22)20-16-5-7-17(8-6-16)21-9-11-23-12-10-21/h1-8H,9-13,19H2,(H,20,22). The quantitative estimate of drug-likeness (QED) is 0.908. The number of morpholine rings is 1. The maximum absolute atomic E-state index is 12.2. The summed E-state index contributed by atoms with van der Waals surface area (Å²) in [5.41, 5.74) is 9.14. The van der Waals surface area contributed by atoms with Gasteiger partial charge in [-0.05, 0) is 42.0 Å². The summed E-state index contributed by atoms with van der Waals surface area (Å²) in [4.78, 5) is 14.5. The zero-order valence-electron chi connectivity index (χ0n) is 13.0. The van der Waals surface area contributed by atoms with Crippen molar-refractivity contribution in [1.82, 2.24) is 0 Å². The molecule has 0 spiro atoms. The molecule has 120 valence electrons. The minimum atomic E-state index is -0.118. The predicted molar refractivity (Wildman–Crippen MR) is 91.8 cm³/mol. The van der Waals surface area contributed by atoms with Crippen molar-refractivity contribution in [3.63, 3.8) is 0 Å². The molecule has 0 radical (unpaired) electrons. The van der Waals surface area contributed by atoms with Gasteiger partial charge in [0.15, 0.2) is 0 Å². The lowest BCUT2D eigenvalue weighted by Gasteiger charge is -2.28. The van der Waals surface area contributed by atoms with E-state index in [0.717, 1.165) is 43.2 Å². The zero-order valence-corrected chi connectivity index (χ0v) is 13.0. The van der Waals surface area contributed by atoms with E-state index in [0.29, 0.717) is 12.1 Å². The first-order valence-electron chi connectivity index (χ1n) is 7.79. The number of ether oxygens (including phenoxy) is 1. The van der Waals surface area contributed by atoms with Gasteiger partial charge in [0.05, 0.1) is 13.2 Å². The zero-order chi connectivity index (χ0) is 16.1. The van der Waals surface area contributed by atoms with Gasteiger partial charge < -0.3 is 20.7 Å². The number of nitrogens with one attached hydrogen (secondary N) is 1. The first-order chi connectivity index (χ1) is 11.3. The second-order valence-corrected chi connectivity index (χ2v) is 5.50. The van der Waals surface area contributed by atoms with Crippen molar-refractivity contribution in [2.45, 2.75) is 6.54 Å². The molecule has 5 heteroatoms. The summed E-state index contributed by atoms with van der Waals surface area (Å²) in [7, 11) is 0. The van der Waals surface area contributed by atoms with Gasteiger partial charge in [-0.15, -0.1) is 0 Å². The van der Waals surface area contributed by atoms with Crippen LogP contribution in [0.15, 0.2) is 48.5 Å². The molecule has 1 heterocycles. The third kappa shape index (κ3) is 3.88. The Morgan fingerprint density at radius 3 is 2.30 bits per heavy atom. The highest BCUT2D eigenvalue weighted by Gasteiger charge is 2.11. The Hall–Kier alpha value is -2.37. The molecule has 1 aliphatic rings. The fourth-order valence-corrected chi connectivity index (χ4v) is 2.57. The van der Waals surface area contributed by atoms with E-state index in [4.69, 9.17) is 10.5 Å². The van der Waals surface area contributed by atoms with Gasteiger partial charge in [0.25, 0.3) is 5.91 Å². The number of nitrogens with two attached hydrogens (primary N) is 1. The van der Waals surface area contributed by atoms with Gasteiger partial charge in [0.2, 0.25) is 0 Å². The maximum Gasteiger partial charge on any atom is 0.255 e. The molecule has 5 nitrogen and oxygen atoms in total. The summed E-state index contributed by atoms with van der Waals surface area (Å²) < 4.78 is 5.36. The van der Waals surface area contributed by atoms with E-state index < -0.39 is 0 Å². The van der Waals surface area contributed by atoms with Crippen molar-refractivity contribution >= 4 is 17.3 Å². The molecule has 1 aliphatic heterocycles. The lowest BCUT2D eigenvalue weighted by Crippen LogP contribution is -2.36. The van der Waals surface area contributed by atoms with Crippen molar-refractivity contribution in [2.24, 2.45) is 5.73 Å². The number of rotatable bonds is 4.